The summed E-state index contributed by atoms with van der Waals surface area (Å²) >= 11 is 1.23. The number of nitrogens with one attached hydrogen (secondary N) is 2. The van der Waals surface area contributed by atoms with Crippen LogP contribution in [0.25, 0.3) is 0 Å². The van der Waals surface area contributed by atoms with Gasteiger partial charge in [-0.05, 0) is 24.1 Å². The van der Waals surface area contributed by atoms with Crippen molar-refractivity contribution in [2.45, 2.75) is 24.7 Å². The Kier molecular flexibility index (Phi) is 5.73. The molecule has 0 unspecified atom stereocenters. The topological polar surface area (TPSA) is 92.9 Å². The lowest BCUT2D eigenvalue weighted by Gasteiger charge is -2.06. The molecule has 0 aliphatic carbocycles. The van der Waals surface area contributed by atoms with E-state index < -0.39 is 0 Å². The van der Waals surface area contributed by atoms with Crippen LogP contribution in [0.5, 0.6) is 0 Å². The second kappa shape index (κ2) is 8.39. The number of nitrogens with zero attached hydrogens (tertiary/aromatic N) is 2. The average Bonchev–Trinajstić information content (AvgIpc) is 3.27. The Morgan fingerprint density at radius 2 is 2.08 bits per heavy atom. The lowest BCUT2D eigenvalue weighted by molar-refractivity contribution is -0.118. The molecular weight excluding hydrogens is 340 g/mol. The maximum atomic E-state index is 11.9. The number of thioether (sulfide) groups is 1. The number of aromatic amines is 1. The summed E-state index contributed by atoms with van der Waals surface area (Å²) < 4.78 is 6.71. The number of hydrogen-bond acceptors (Lipinski definition) is 5. The Morgan fingerprint density at radius 3 is 2.84 bits per heavy atom. The number of benzene rings is 1. The molecular formula is C17H18N4O3S. The molecule has 8 heteroatoms. The summed E-state index contributed by atoms with van der Waals surface area (Å²) in [5, 5.41) is 9.71. The zero-order chi connectivity index (χ0) is 17.5. The van der Waals surface area contributed by atoms with Crippen LogP contribution in [-0.2, 0) is 24.3 Å². The SMILES string of the molecule is O=C(CSc1n[nH]c(=O)n1CCc1ccccc1)NCc1ccco1. The number of carbonyl (C=O) groups excluding carboxylic acids is 1. The van der Waals surface area contributed by atoms with E-state index in [1.165, 1.54) is 11.8 Å². The van der Waals surface area contributed by atoms with E-state index in [2.05, 4.69) is 15.5 Å². The molecule has 2 heterocycles. The van der Waals surface area contributed by atoms with Crippen molar-refractivity contribution in [3.8, 4) is 0 Å². The first-order valence-electron chi connectivity index (χ1n) is 7.83. The highest BCUT2D eigenvalue weighted by Crippen LogP contribution is 2.13. The van der Waals surface area contributed by atoms with Crippen molar-refractivity contribution in [1.29, 1.82) is 0 Å². The standard InChI is InChI=1S/C17H18N4O3S/c22-15(18-11-14-7-4-10-24-14)12-25-17-20-19-16(23)21(17)9-8-13-5-2-1-3-6-13/h1-7,10H,8-9,11-12H2,(H,18,22)(H,19,23). The first kappa shape index (κ1) is 17.1. The predicted octanol–water partition coefficient (Wildman–Crippen LogP) is 1.82. The van der Waals surface area contributed by atoms with Crippen LogP contribution < -0.4 is 11.0 Å². The molecule has 3 rings (SSSR count). The maximum Gasteiger partial charge on any atom is 0.343 e. The molecule has 2 N–H and O–H groups in total. The number of H-pyrrole nitrogens is 1. The van der Waals surface area contributed by atoms with E-state index in [0.717, 1.165) is 12.0 Å². The third kappa shape index (κ3) is 4.87. The fourth-order valence-electron chi connectivity index (χ4n) is 2.28. The van der Waals surface area contributed by atoms with Crippen LogP contribution in [0, 0.1) is 0 Å². The van der Waals surface area contributed by atoms with Crippen LogP contribution in [0.3, 0.4) is 0 Å². The van der Waals surface area contributed by atoms with Crippen molar-refractivity contribution in [1.82, 2.24) is 20.1 Å². The van der Waals surface area contributed by atoms with Gasteiger partial charge in [0.05, 0.1) is 18.6 Å². The van der Waals surface area contributed by atoms with E-state index in [9.17, 15) is 9.59 Å². The number of rotatable bonds is 8. The summed E-state index contributed by atoms with van der Waals surface area (Å²) in [6.45, 7) is 0.851. The molecule has 2 aromatic heterocycles. The van der Waals surface area contributed by atoms with Gasteiger partial charge in [-0.3, -0.25) is 9.36 Å². The molecule has 0 saturated heterocycles. The van der Waals surface area contributed by atoms with Crippen LogP contribution in [0.4, 0.5) is 0 Å². The van der Waals surface area contributed by atoms with Gasteiger partial charge < -0.3 is 9.73 Å². The summed E-state index contributed by atoms with van der Waals surface area (Å²) in [7, 11) is 0. The number of furan rings is 1. The minimum absolute atomic E-state index is 0.147. The number of amides is 1. The van der Waals surface area contributed by atoms with E-state index in [-0.39, 0.29) is 17.3 Å². The molecule has 130 valence electrons. The highest BCUT2D eigenvalue weighted by Gasteiger charge is 2.11. The van der Waals surface area contributed by atoms with Gasteiger partial charge in [0.2, 0.25) is 5.91 Å². The monoisotopic (exact) mass is 358 g/mol. The Bertz CT molecular complexity index is 856. The van der Waals surface area contributed by atoms with E-state index in [0.29, 0.717) is 24.0 Å². The lowest BCUT2D eigenvalue weighted by atomic mass is 10.1. The highest BCUT2D eigenvalue weighted by molar-refractivity contribution is 7.99. The van der Waals surface area contributed by atoms with E-state index in [1.807, 2.05) is 30.3 Å². The van der Waals surface area contributed by atoms with E-state index >= 15 is 0 Å². The molecule has 0 aliphatic heterocycles. The van der Waals surface area contributed by atoms with Crippen LogP contribution >= 0.6 is 11.8 Å². The van der Waals surface area contributed by atoms with Crippen LogP contribution in [0.15, 0.2) is 63.1 Å². The zero-order valence-corrected chi connectivity index (χ0v) is 14.3. The molecule has 0 aliphatic rings. The van der Waals surface area contributed by atoms with Gasteiger partial charge in [-0.15, -0.1) is 5.10 Å². The smallest absolute Gasteiger partial charge is 0.343 e. The Morgan fingerprint density at radius 1 is 1.24 bits per heavy atom. The maximum absolute atomic E-state index is 11.9. The van der Waals surface area contributed by atoms with Gasteiger partial charge in [-0.1, -0.05) is 42.1 Å². The van der Waals surface area contributed by atoms with Crippen molar-refractivity contribution in [3.63, 3.8) is 0 Å². The van der Waals surface area contributed by atoms with Crippen molar-refractivity contribution in [2.24, 2.45) is 0 Å². The van der Waals surface area contributed by atoms with Gasteiger partial charge in [0, 0.05) is 6.54 Å². The summed E-state index contributed by atoms with van der Waals surface area (Å²) in [5.74, 6) is 0.723. The van der Waals surface area contributed by atoms with Crippen LogP contribution in [0.2, 0.25) is 0 Å². The van der Waals surface area contributed by atoms with Crippen molar-refractivity contribution in [3.05, 3.63) is 70.5 Å². The summed E-state index contributed by atoms with van der Waals surface area (Å²) in [4.78, 5) is 23.8. The first-order valence-corrected chi connectivity index (χ1v) is 8.82. The van der Waals surface area contributed by atoms with Crippen LogP contribution in [0.1, 0.15) is 11.3 Å². The first-order chi connectivity index (χ1) is 12.2. The number of aryl methyl sites for hydroxylation is 1. The van der Waals surface area contributed by atoms with Gasteiger partial charge in [-0.2, -0.15) is 0 Å². The fourth-order valence-corrected chi connectivity index (χ4v) is 3.08. The molecule has 3 aromatic rings. The normalized spacial score (nSPS) is 10.7. The van der Waals surface area contributed by atoms with Gasteiger partial charge in [0.1, 0.15) is 5.76 Å². The Balaban J connectivity index is 1.52. The van der Waals surface area contributed by atoms with Crippen LogP contribution in [-0.4, -0.2) is 26.4 Å². The number of carbonyl (C=O) groups is 1. The molecule has 0 atom stereocenters. The summed E-state index contributed by atoms with van der Waals surface area (Å²) in [6.07, 6.45) is 2.28. The van der Waals surface area contributed by atoms with E-state index in [4.69, 9.17) is 4.42 Å². The largest absolute Gasteiger partial charge is 0.467 e. The highest BCUT2D eigenvalue weighted by atomic mass is 32.2. The molecule has 1 aromatic carbocycles. The van der Waals surface area contributed by atoms with Gasteiger partial charge in [0.25, 0.3) is 0 Å². The second-order valence-corrected chi connectivity index (χ2v) is 6.29. The average molecular weight is 358 g/mol. The molecule has 0 bridgehead atoms. The molecule has 0 spiro atoms. The fraction of sp³-hybridized carbons (Fsp3) is 0.235. The quantitative estimate of drug-likeness (QED) is 0.599. The molecule has 0 fully saturated rings. The van der Waals surface area contributed by atoms with Crippen molar-refractivity contribution >= 4 is 17.7 Å². The molecule has 25 heavy (non-hydrogen) atoms. The predicted molar refractivity (Wildman–Crippen MR) is 94.3 cm³/mol. The van der Waals surface area contributed by atoms with E-state index in [1.54, 1.807) is 23.0 Å². The third-order valence-electron chi connectivity index (χ3n) is 3.56. The molecule has 1 amide bonds. The minimum Gasteiger partial charge on any atom is -0.467 e. The minimum atomic E-state index is -0.269. The zero-order valence-electron chi connectivity index (χ0n) is 13.5. The Hall–Kier alpha value is -2.74. The Labute approximate surface area is 148 Å². The number of hydrogen-bond donors (Lipinski definition) is 2. The molecule has 0 radical (unpaired) electrons. The number of aromatic nitrogens is 3. The summed E-state index contributed by atoms with van der Waals surface area (Å²) in [6, 6.07) is 13.5. The van der Waals surface area contributed by atoms with Crippen molar-refractivity contribution in [2.75, 3.05) is 5.75 Å². The summed E-state index contributed by atoms with van der Waals surface area (Å²) in [5.41, 5.74) is 0.872. The van der Waals surface area contributed by atoms with Crippen molar-refractivity contribution < 1.29 is 9.21 Å². The van der Waals surface area contributed by atoms with Gasteiger partial charge >= 0.3 is 5.69 Å². The van der Waals surface area contributed by atoms with Gasteiger partial charge in [-0.25, -0.2) is 9.89 Å². The third-order valence-corrected chi connectivity index (χ3v) is 4.54. The molecule has 0 saturated carbocycles. The molecule has 7 nitrogen and oxygen atoms in total. The second-order valence-electron chi connectivity index (χ2n) is 5.34. The lowest BCUT2D eigenvalue weighted by Crippen LogP contribution is -2.25. The van der Waals surface area contributed by atoms with Gasteiger partial charge in [0.15, 0.2) is 5.16 Å².